The van der Waals surface area contributed by atoms with E-state index in [1.807, 2.05) is 17.0 Å². The first-order valence-electron chi connectivity index (χ1n) is 5.69. The third-order valence-electron chi connectivity index (χ3n) is 2.38. The van der Waals surface area contributed by atoms with Crippen molar-refractivity contribution >= 4 is 0 Å². The molecule has 0 aromatic carbocycles. The fourth-order valence-corrected chi connectivity index (χ4v) is 1.32. The third-order valence-corrected chi connectivity index (χ3v) is 2.38. The molecule has 1 heterocycles. The standard InChI is InChI=1S/C12H22N4/c1-6-7-10(2)13-8-11-9-16(15-14-11)12(3,4)5/h6,9-10,13H,1,7-8H2,2-5H3. The Hall–Kier alpha value is -1.16. The first-order valence-corrected chi connectivity index (χ1v) is 5.69. The Balaban J connectivity index is 2.50. The third kappa shape index (κ3) is 3.77. The molecule has 4 heteroatoms. The molecule has 0 bridgehead atoms. The van der Waals surface area contributed by atoms with Gasteiger partial charge in [-0.2, -0.15) is 0 Å². The van der Waals surface area contributed by atoms with Crippen LogP contribution in [0.3, 0.4) is 0 Å². The molecule has 0 aliphatic carbocycles. The zero-order valence-electron chi connectivity index (χ0n) is 10.7. The molecular formula is C12H22N4. The van der Waals surface area contributed by atoms with Gasteiger partial charge in [-0.25, -0.2) is 4.68 Å². The van der Waals surface area contributed by atoms with E-state index >= 15 is 0 Å². The van der Waals surface area contributed by atoms with Gasteiger partial charge < -0.3 is 5.32 Å². The first-order chi connectivity index (χ1) is 7.43. The van der Waals surface area contributed by atoms with Gasteiger partial charge in [0.15, 0.2) is 0 Å². The van der Waals surface area contributed by atoms with E-state index in [4.69, 9.17) is 0 Å². The van der Waals surface area contributed by atoms with Crippen LogP contribution in [0, 0.1) is 0 Å². The molecule has 1 aromatic rings. The summed E-state index contributed by atoms with van der Waals surface area (Å²) in [5, 5.41) is 11.6. The van der Waals surface area contributed by atoms with Crippen molar-refractivity contribution in [2.45, 2.75) is 52.2 Å². The van der Waals surface area contributed by atoms with E-state index in [9.17, 15) is 0 Å². The molecule has 1 rings (SSSR count). The van der Waals surface area contributed by atoms with Crippen molar-refractivity contribution in [3.8, 4) is 0 Å². The molecule has 0 aliphatic rings. The summed E-state index contributed by atoms with van der Waals surface area (Å²) >= 11 is 0. The van der Waals surface area contributed by atoms with Gasteiger partial charge in [0.2, 0.25) is 0 Å². The van der Waals surface area contributed by atoms with Gasteiger partial charge in [0, 0.05) is 12.6 Å². The van der Waals surface area contributed by atoms with Crippen molar-refractivity contribution in [1.29, 1.82) is 0 Å². The van der Waals surface area contributed by atoms with Gasteiger partial charge in [0.05, 0.1) is 17.4 Å². The minimum Gasteiger partial charge on any atom is -0.308 e. The minimum absolute atomic E-state index is 0.00200. The van der Waals surface area contributed by atoms with Crippen LogP contribution in [0.4, 0.5) is 0 Å². The van der Waals surface area contributed by atoms with Crippen LogP contribution in [0.1, 0.15) is 39.8 Å². The second kappa shape index (κ2) is 5.25. The number of rotatable bonds is 5. The quantitative estimate of drug-likeness (QED) is 0.776. The lowest BCUT2D eigenvalue weighted by molar-refractivity contribution is 0.347. The smallest absolute Gasteiger partial charge is 0.0965 e. The Bertz CT molecular complexity index is 335. The SMILES string of the molecule is C=CCC(C)NCc1cn(C(C)(C)C)nn1. The zero-order valence-corrected chi connectivity index (χ0v) is 10.7. The van der Waals surface area contributed by atoms with E-state index in [1.54, 1.807) is 0 Å². The number of nitrogens with one attached hydrogen (secondary N) is 1. The molecule has 1 aromatic heterocycles. The van der Waals surface area contributed by atoms with Gasteiger partial charge in [-0.05, 0) is 34.1 Å². The van der Waals surface area contributed by atoms with Gasteiger partial charge in [-0.3, -0.25) is 0 Å². The summed E-state index contributed by atoms with van der Waals surface area (Å²) in [5.41, 5.74) is 0.976. The molecule has 0 saturated carbocycles. The van der Waals surface area contributed by atoms with Crippen molar-refractivity contribution in [1.82, 2.24) is 20.3 Å². The Labute approximate surface area is 97.7 Å². The van der Waals surface area contributed by atoms with E-state index < -0.39 is 0 Å². The molecule has 0 saturated heterocycles. The number of aromatic nitrogens is 3. The highest BCUT2D eigenvalue weighted by atomic mass is 15.4. The van der Waals surface area contributed by atoms with Crippen LogP contribution in [0.15, 0.2) is 18.9 Å². The normalized spacial score (nSPS) is 13.8. The molecule has 0 spiro atoms. The van der Waals surface area contributed by atoms with Crippen molar-refractivity contribution in [2.75, 3.05) is 0 Å². The van der Waals surface area contributed by atoms with Crippen LogP contribution in [-0.4, -0.2) is 21.0 Å². The van der Waals surface area contributed by atoms with Gasteiger partial charge >= 0.3 is 0 Å². The Morgan fingerprint density at radius 1 is 1.56 bits per heavy atom. The number of hydrogen-bond donors (Lipinski definition) is 1. The van der Waals surface area contributed by atoms with Crippen LogP contribution < -0.4 is 5.32 Å². The summed E-state index contributed by atoms with van der Waals surface area (Å²) in [5.74, 6) is 0. The maximum absolute atomic E-state index is 4.14. The monoisotopic (exact) mass is 222 g/mol. The molecule has 16 heavy (non-hydrogen) atoms. The minimum atomic E-state index is -0.00200. The lowest BCUT2D eigenvalue weighted by atomic mass is 10.1. The number of hydrogen-bond acceptors (Lipinski definition) is 3. The average Bonchev–Trinajstić information content (AvgIpc) is 2.63. The van der Waals surface area contributed by atoms with Crippen LogP contribution in [-0.2, 0) is 12.1 Å². The molecule has 90 valence electrons. The average molecular weight is 222 g/mol. The summed E-state index contributed by atoms with van der Waals surface area (Å²) in [6.45, 7) is 12.9. The van der Waals surface area contributed by atoms with E-state index in [0.717, 1.165) is 18.7 Å². The van der Waals surface area contributed by atoms with Gasteiger partial charge in [-0.1, -0.05) is 11.3 Å². The lowest BCUT2D eigenvalue weighted by Gasteiger charge is -2.17. The molecule has 0 aliphatic heterocycles. The van der Waals surface area contributed by atoms with Gasteiger partial charge in [0.25, 0.3) is 0 Å². The van der Waals surface area contributed by atoms with Crippen LogP contribution in [0.5, 0.6) is 0 Å². The van der Waals surface area contributed by atoms with E-state index in [-0.39, 0.29) is 5.54 Å². The van der Waals surface area contributed by atoms with Gasteiger partial charge in [-0.15, -0.1) is 11.7 Å². The van der Waals surface area contributed by atoms with Crippen LogP contribution in [0.2, 0.25) is 0 Å². The lowest BCUT2D eigenvalue weighted by Crippen LogP contribution is -2.25. The summed E-state index contributed by atoms with van der Waals surface area (Å²) in [4.78, 5) is 0. The summed E-state index contributed by atoms with van der Waals surface area (Å²) in [7, 11) is 0. The van der Waals surface area contributed by atoms with E-state index in [1.165, 1.54) is 0 Å². The molecule has 0 fully saturated rings. The Morgan fingerprint density at radius 3 is 2.75 bits per heavy atom. The fourth-order valence-electron chi connectivity index (χ4n) is 1.32. The predicted molar refractivity (Wildman–Crippen MR) is 66.1 cm³/mol. The summed E-state index contributed by atoms with van der Waals surface area (Å²) in [6, 6.07) is 0.428. The van der Waals surface area contributed by atoms with Crippen molar-refractivity contribution in [2.24, 2.45) is 0 Å². The number of nitrogens with zero attached hydrogens (tertiary/aromatic N) is 3. The highest BCUT2D eigenvalue weighted by molar-refractivity contribution is 4.94. The van der Waals surface area contributed by atoms with E-state index in [2.05, 4.69) is 49.9 Å². The summed E-state index contributed by atoms with van der Waals surface area (Å²) in [6.07, 6.45) is 4.88. The maximum atomic E-state index is 4.14. The maximum Gasteiger partial charge on any atom is 0.0965 e. The first kappa shape index (κ1) is 12.9. The molecule has 1 N–H and O–H groups in total. The van der Waals surface area contributed by atoms with Crippen molar-refractivity contribution in [3.05, 3.63) is 24.5 Å². The Kier molecular flexibility index (Phi) is 4.24. The molecule has 1 atom stereocenters. The van der Waals surface area contributed by atoms with E-state index in [0.29, 0.717) is 6.04 Å². The highest BCUT2D eigenvalue weighted by Crippen LogP contribution is 2.11. The molecular weight excluding hydrogens is 200 g/mol. The zero-order chi connectivity index (χ0) is 12.2. The van der Waals surface area contributed by atoms with Crippen LogP contribution in [0.25, 0.3) is 0 Å². The van der Waals surface area contributed by atoms with Crippen molar-refractivity contribution < 1.29 is 0 Å². The molecule has 1 unspecified atom stereocenters. The largest absolute Gasteiger partial charge is 0.308 e. The predicted octanol–water partition coefficient (Wildman–Crippen LogP) is 2.09. The second-order valence-corrected chi connectivity index (χ2v) is 5.13. The second-order valence-electron chi connectivity index (χ2n) is 5.13. The van der Waals surface area contributed by atoms with Gasteiger partial charge in [0.1, 0.15) is 0 Å². The summed E-state index contributed by atoms with van der Waals surface area (Å²) < 4.78 is 1.89. The molecule has 0 radical (unpaired) electrons. The highest BCUT2D eigenvalue weighted by Gasteiger charge is 2.14. The van der Waals surface area contributed by atoms with Crippen molar-refractivity contribution in [3.63, 3.8) is 0 Å². The molecule has 0 amide bonds. The fraction of sp³-hybridized carbons (Fsp3) is 0.667. The Morgan fingerprint density at radius 2 is 2.25 bits per heavy atom. The van der Waals surface area contributed by atoms with Crippen LogP contribution >= 0.6 is 0 Å². The topological polar surface area (TPSA) is 42.7 Å². The molecule has 4 nitrogen and oxygen atoms in total.